The van der Waals surface area contributed by atoms with Gasteiger partial charge in [0.15, 0.2) is 0 Å². The van der Waals surface area contributed by atoms with Crippen molar-refractivity contribution in [2.75, 3.05) is 32.7 Å². The van der Waals surface area contributed by atoms with E-state index in [0.29, 0.717) is 18.0 Å². The average Bonchev–Trinajstić information content (AvgIpc) is 2.86. The van der Waals surface area contributed by atoms with E-state index in [0.717, 1.165) is 49.4 Å². The van der Waals surface area contributed by atoms with Gasteiger partial charge in [0.2, 0.25) is 10.0 Å². The van der Waals surface area contributed by atoms with Gasteiger partial charge in [-0.15, -0.1) is 0 Å². The maximum absolute atomic E-state index is 14.3. The monoisotopic (exact) mass is 533 g/mol. The van der Waals surface area contributed by atoms with Crippen molar-refractivity contribution >= 4 is 10.0 Å². The van der Waals surface area contributed by atoms with Gasteiger partial charge in [-0.3, -0.25) is 9.80 Å². The molecule has 6 heteroatoms. The van der Waals surface area contributed by atoms with Crippen LogP contribution in [-0.2, 0) is 23.1 Å². The second-order valence-corrected chi connectivity index (χ2v) is 12.7. The minimum Gasteiger partial charge on any atom is -0.297 e. The molecule has 2 atom stereocenters. The molecule has 1 saturated heterocycles. The highest BCUT2D eigenvalue weighted by Crippen LogP contribution is 2.30. The van der Waals surface area contributed by atoms with E-state index >= 15 is 0 Å². The Morgan fingerprint density at radius 2 is 1.26 bits per heavy atom. The van der Waals surface area contributed by atoms with Gasteiger partial charge in [-0.1, -0.05) is 92.2 Å². The first-order valence-corrected chi connectivity index (χ1v) is 15.2. The zero-order chi connectivity index (χ0) is 27.3. The van der Waals surface area contributed by atoms with E-state index in [1.165, 1.54) is 11.1 Å². The molecule has 0 aliphatic carbocycles. The molecule has 1 aliphatic heterocycles. The van der Waals surface area contributed by atoms with Crippen LogP contribution in [-0.4, -0.2) is 61.3 Å². The lowest BCUT2D eigenvalue weighted by Gasteiger charge is -2.42. The Balaban J connectivity index is 1.68. The molecule has 0 bridgehead atoms. The summed E-state index contributed by atoms with van der Waals surface area (Å²) in [5.41, 5.74) is 5.28. The van der Waals surface area contributed by atoms with Crippen LogP contribution < -0.4 is 0 Å². The van der Waals surface area contributed by atoms with Crippen LogP contribution >= 0.6 is 0 Å². The zero-order valence-corrected chi connectivity index (χ0v) is 24.4. The standard InChI is InChI=1S/C32H43N3O2S/c1-6-35(38(36,37)32-26(3)19-25(2)20-27(32)4)31-24-34(23-30-15-11-8-12-16-30)18-17-33(21-28(31)5)22-29-13-9-7-10-14-29/h7-16,19-20,28,31H,6,17-18,21-24H2,1-5H3/t28-,31-/m0/s1. The van der Waals surface area contributed by atoms with Crippen LogP contribution in [0.25, 0.3) is 0 Å². The summed E-state index contributed by atoms with van der Waals surface area (Å²) >= 11 is 0. The number of rotatable bonds is 8. The summed E-state index contributed by atoms with van der Waals surface area (Å²) in [6, 6.07) is 24.9. The number of aryl methyl sites for hydroxylation is 3. The van der Waals surface area contributed by atoms with Crippen LogP contribution in [0.5, 0.6) is 0 Å². The van der Waals surface area contributed by atoms with Gasteiger partial charge in [0.25, 0.3) is 0 Å². The minimum absolute atomic E-state index is 0.132. The van der Waals surface area contributed by atoms with Gasteiger partial charge in [-0.25, -0.2) is 8.42 Å². The Kier molecular flexibility index (Phi) is 9.42. The Bertz CT molecular complexity index is 1270. The summed E-state index contributed by atoms with van der Waals surface area (Å²) < 4.78 is 30.4. The van der Waals surface area contributed by atoms with Crippen LogP contribution in [0, 0.1) is 26.7 Å². The fourth-order valence-corrected chi connectivity index (χ4v) is 8.19. The average molecular weight is 534 g/mol. The van der Waals surface area contributed by atoms with E-state index in [4.69, 9.17) is 0 Å². The second-order valence-electron chi connectivity index (χ2n) is 10.9. The summed E-state index contributed by atoms with van der Waals surface area (Å²) in [7, 11) is -3.67. The number of nitrogens with zero attached hydrogens (tertiary/aromatic N) is 3. The molecule has 0 amide bonds. The molecule has 0 radical (unpaired) electrons. The first kappa shape index (κ1) is 28.5. The maximum Gasteiger partial charge on any atom is 0.243 e. The quantitative estimate of drug-likeness (QED) is 0.376. The molecule has 38 heavy (non-hydrogen) atoms. The lowest BCUT2D eigenvalue weighted by Crippen LogP contribution is -2.55. The number of likely N-dealkylation sites (N-methyl/N-ethyl adjacent to an activating group) is 1. The highest BCUT2D eigenvalue weighted by Gasteiger charge is 2.37. The predicted molar refractivity (Wildman–Crippen MR) is 157 cm³/mol. The van der Waals surface area contributed by atoms with Crippen LogP contribution in [0.1, 0.15) is 41.7 Å². The van der Waals surface area contributed by atoms with E-state index in [2.05, 4.69) is 71.3 Å². The molecule has 3 aromatic carbocycles. The summed E-state index contributed by atoms with van der Waals surface area (Å²) in [4.78, 5) is 5.41. The van der Waals surface area contributed by atoms with Gasteiger partial charge in [-0.05, 0) is 48.9 Å². The Hall–Kier alpha value is -2.51. The van der Waals surface area contributed by atoms with Gasteiger partial charge in [-0.2, -0.15) is 4.31 Å². The molecule has 0 unspecified atom stereocenters. The summed E-state index contributed by atoms with van der Waals surface area (Å²) in [6.07, 6.45) is 0. The first-order chi connectivity index (χ1) is 18.2. The lowest BCUT2D eigenvalue weighted by molar-refractivity contribution is 0.0848. The fraction of sp³-hybridized carbons (Fsp3) is 0.438. The zero-order valence-electron chi connectivity index (χ0n) is 23.6. The molecule has 1 aliphatic rings. The topological polar surface area (TPSA) is 43.9 Å². The molecule has 204 valence electrons. The summed E-state index contributed by atoms with van der Waals surface area (Å²) in [5, 5.41) is 0. The Morgan fingerprint density at radius 3 is 1.74 bits per heavy atom. The third kappa shape index (κ3) is 6.73. The summed E-state index contributed by atoms with van der Waals surface area (Å²) in [6.45, 7) is 15.6. The van der Waals surface area contributed by atoms with Gasteiger partial charge in [0, 0.05) is 51.9 Å². The highest BCUT2D eigenvalue weighted by molar-refractivity contribution is 7.89. The number of hydrogen-bond donors (Lipinski definition) is 0. The maximum atomic E-state index is 14.3. The van der Waals surface area contributed by atoms with Crippen molar-refractivity contribution < 1.29 is 8.42 Å². The SMILES string of the molecule is CCN([C@H]1CN(Cc2ccccc2)CCN(Cc2ccccc2)C[C@@H]1C)S(=O)(=O)c1c(C)cc(C)cc1C. The first-order valence-electron chi connectivity index (χ1n) is 13.8. The normalized spacial score (nSPS) is 19.8. The van der Waals surface area contributed by atoms with E-state index in [-0.39, 0.29) is 12.0 Å². The van der Waals surface area contributed by atoms with Crippen molar-refractivity contribution in [2.24, 2.45) is 5.92 Å². The van der Waals surface area contributed by atoms with Gasteiger partial charge >= 0.3 is 0 Å². The van der Waals surface area contributed by atoms with Crippen molar-refractivity contribution in [3.05, 3.63) is 101 Å². The Morgan fingerprint density at radius 1 is 0.789 bits per heavy atom. The largest absolute Gasteiger partial charge is 0.297 e. The third-order valence-electron chi connectivity index (χ3n) is 7.73. The van der Waals surface area contributed by atoms with Crippen LogP contribution in [0.4, 0.5) is 0 Å². The van der Waals surface area contributed by atoms with E-state index < -0.39 is 10.0 Å². The number of benzene rings is 3. The summed E-state index contributed by atoms with van der Waals surface area (Å²) in [5.74, 6) is 0.165. The van der Waals surface area contributed by atoms with Crippen molar-refractivity contribution in [1.29, 1.82) is 0 Å². The molecular weight excluding hydrogens is 490 g/mol. The van der Waals surface area contributed by atoms with Crippen LogP contribution in [0.3, 0.4) is 0 Å². The second kappa shape index (κ2) is 12.6. The molecule has 1 heterocycles. The molecule has 0 spiro atoms. The van der Waals surface area contributed by atoms with E-state index in [1.54, 1.807) is 4.31 Å². The third-order valence-corrected chi connectivity index (χ3v) is 10.0. The minimum atomic E-state index is -3.67. The van der Waals surface area contributed by atoms with Crippen molar-refractivity contribution in [3.63, 3.8) is 0 Å². The van der Waals surface area contributed by atoms with Gasteiger partial charge in [0.05, 0.1) is 4.90 Å². The molecule has 0 N–H and O–H groups in total. The number of sulfonamides is 1. The molecule has 3 aromatic rings. The highest BCUT2D eigenvalue weighted by atomic mass is 32.2. The van der Waals surface area contributed by atoms with Crippen molar-refractivity contribution in [2.45, 2.75) is 58.6 Å². The molecule has 1 fully saturated rings. The number of hydrogen-bond acceptors (Lipinski definition) is 4. The Labute approximate surface area is 230 Å². The van der Waals surface area contributed by atoms with Crippen molar-refractivity contribution in [3.8, 4) is 0 Å². The molecular formula is C32H43N3O2S. The smallest absolute Gasteiger partial charge is 0.243 e. The van der Waals surface area contributed by atoms with Gasteiger partial charge < -0.3 is 0 Å². The van der Waals surface area contributed by atoms with E-state index in [1.807, 2.05) is 45.9 Å². The molecule has 4 rings (SSSR count). The van der Waals surface area contributed by atoms with E-state index in [9.17, 15) is 8.42 Å². The van der Waals surface area contributed by atoms with Crippen LogP contribution in [0.2, 0.25) is 0 Å². The molecule has 0 aromatic heterocycles. The fourth-order valence-electron chi connectivity index (χ4n) is 6.06. The predicted octanol–water partition coefficient (Wildman–Crippen LogP) is 5.65. The van der Waals surface area contributed by atoms with Crippen LogP contribution in [0.15, 0.2) is 77.7 Å². The molecule has 5 nitrogen and oxygen atoms in total. The van der Waals surface area contributed by atoms with Gasteiger partial charge in [0.1, 0.15) is 0 Å². The van der Waals surface area contributed by atoms with Crippen molar-refractivity contribution in [1.82, 2.24) is 14.1 Å². The molecule has 0 saturated carbocycles. The lowest BCUT2D eigenvalue weighted by atomic mass is 9.98.